The van der Waals surface area contributed by atoms with Gasteiger partial charge in [0, 0.05) is 5.39 Å². The van der Waals surface area contributed by atoms with Crippen molar-refractivity contribution in [2.75, 3.05) is 0 Å². The summed E-state index contributed by atoms with van der Waals surface area (Å²) in [5, 5.41) is 10.7. The van der Waals surface area contributed by atoms with Gasteiger partial charge < -0.3 is 9.52 Å². The summed E-state index contributed by atoms with van der Waals surface area (Å²) in [5.74, 6) is -0.101. The molecule has 3 heteroatoms. The molecule has 94 valence electrons. The zero-order chi connectivity index (χ0) is 13.4. The first-order valence-corrected chi connectivity index (χ1v) is 5.98. The maximum atomic E-state index is 12.3. The summed E-state index contributed by atoms with van der Waals surface area (Å²) >= 11 is 0. The van der Waals surface area contributed by atoms with E-state index in [9.17, 15) is 9.90 Å². The van der Waals surface area contributed by atoms with Gasteiger partial charge in [0.05, 0.1) is 5.56 Å². The number of benzene rings is 2. The van der Waals surface area contributed by atoms with E-state index in [4.69, 9.17) is 4.42 Å². The molecular weight excluding hydrogens is 240 g/mol. The zero-order valence-corrected chi connectivity index (χ0v) is 10.4. The lowest BCUT2D eigenvalue weighted by molar-refractivity contribution is 0.101. The Morgan fingerprint density at radius 1 is 1.11 bits per heavy atom. The van der Waals surface area contributed by atoms with E-state index >= 15 is 0 Å². The van der Waals surface area contributed by atoms with Crippen LogP contribution in [0.3, 0.4) is 0 Å². The van der Waals surface area contributed by atoms with Crippen molar-refractivity contribution in [3.05, 3.63) is 65.4 Å². The first-order chi connectivity index (χ1) is 9.15. The quantitative estimate of drug-likeness (QED) is 0.708. The number of ketones is 1. The van der Waals surface area contributed by atoms with E-state index in [0.29, 0.717) is 5.58 Å². The minimum Gasteiger partial charge on any atom is -0.507 e. The van der Waals surface area contributed by atoms with Crippen LogP contribution in [-0.2, 0) is 0 Å². The van der Waals surface area contributed by atoms with Crippen LogP contribution in [0, 0.1) is 6.92 Å². The smallest absolute Gasteiger partial charge is 0.231 e. The Hall–Kier alpha value is -2.55. The molecule has 0 amide bonds. The van der Waals surface area contributed by atoms with Gasteiger partial charge in [-0.15, -0.1) is 0 Å². The highest BCUT2D eigenvalue weighted by molar-refractivity contribution is 6.10. The Kier molecular flexibility index (Phi) is 2.60. The molecule has 0 aliphatic carbocycles. The molecule has 1 N–H and O–H groups in total. The molecule has 2 aromatic carbocycles. The van der Waals surface area contributed by atoms with Gasteiger partial charge in [0.1, 0.15) is 11.3 Å². The van der Waals surface area contributed by atoms with Gasteiger partial charge >= 0.3 is 0 Å². The van der Waals surface area contributed by atoms with E-state index in [1.807, 2.05) is 31.2 Å². The summed E-state index contributed by atoms with van der Waals surface area (Å²) in [6, 6.07) is 14.1. The molecule has 0 saturated heterocycles. The number of fused-ring (bicyclic) bond motifs is 1. The molecule has 0 atom stereocenters. The average Bonchev–Trinajstić information content (AvgIpc) is 2.84. The van der Waals surface area contributed by atoms with E-state index in [1.54, 1.807) is 18.2 Å². The summed E-state index contributed by atoms with van der Waals surface area (Å²) < 4.78 is 5.52. The van der Waals surface area contributed by atoms with Crippen molar-refractivity contribution in [2.24, 2.45) is 0 Å². The number of furan rings is 1. The van der Waals surface area contributed by atoms with Crippen molar-refractivity contribution in [2.45, 2.75) is 6.92 Å². The summed E-state index contributed by atoms with van der Waals surface area (Å²) in [6.45, 7) is 1.87. The van der Waals surface area contributed by atoms with E-state index in [0.717, 1.165) is 10.9 Å². The number of carbonyl (C=O) groups excluding carboxylic acids is 1. The molecule has 0 radical (unpaired) electrons. The minimum atomic E-state index is -0.308. The molecule has 0 bridgehead atoms. The summed E-state index contributed by atoms with van der Waals surface area (Å²) in [5.41, 5.74) is 1.84. The molecule has 0 unspecified atom stereocenters. The number of phenolic OH excluding ortho intramolecular Hbond substituents is 1. The van der Waals surface area contributed by atoms with Crippen LogP contribution in [0.25, 0.3) is 11.0 Å². The average molecular weight is 252 g/mol. The van der Waals surface area contributed by atoms with Crippen molar-refractivity contribution >= 4 is 16.8 Å². The number of aromatic hydroxyl groups is 1. The molecule has 3 nitrogen and oxygen atoms in total. The van der Waals surface area contributed by atoms with Gasteiger partial charge in [-0.1, -0.05) is 29.8 Å². The van der Waals surface area contributed by atoms with Crippen molar-refractivity contribution in [3.63, 3.8) is 0 Å². The lowest BCUT2D eigenvalue weighted by Gasteiger charge is -2.02. The van der Waals surface area contributed by atoms with Crippen LogP contribution in [0.1, 0.15) is 21.7 Å². The number of aryl methyl sites for hydroxylation is 1. The summed E-state index contributed by atoms with van der Waals surface area (Å²) in [4.78, 5) is 12.3. The molecule has 1 heterocycles. The molecule has 0 aliphatic rings. The van der Waals surface area contributed by atoms with Crippen LogP contribution < -0.4 is 0 Å². The molecule has 19 heavy (non-hydrogen) atoms. The number of hydrogen-bond donors (Lipinski definition) is 1. The Balaban J connectivity index is 2.10. The van der Waals surface area contributed by atoms with Crippen LogP contribution in [0.15, 0.2) is 52.9 Å². The van der Waals surface area contributed by atoms with Crippen LogP contribution in [0.4, 0.5) is 0 Å². The molecule has 3 rings (SSSR count). The van der Waals surface area contributed by atoms with Gasteiger partial charge in [-0.25, -0.2) is 0 Å². The molecule has 0 spiro atoms. The molecule has 1 aromatic heterocycles. The molecule has 3 aromatic rings. The van der Waals surface area contributed by atoms with Gasteiger partial charge in [0.15, 0.2) is 5.76 Å². The number of phenols is 1. The summed E-state index contributed by atoms with van der Waals surface area (Å²) in [6.07, 6.45) is 0. The maximum absolute atomic E-state index is 12.3. The Bertz CT molecular complexity index is 736. The molecule has 0 aliphatic heterocycles. The molecule has 0 fully saturated rings. The van der Waals surface area contributed by atoms with Crippen LogP contribution in [-0.4, -0.2) is 10.9 Å². The monoisotopic (exact) mass is 252 g/mol. The second kappa shape index (κ2) is 4.28. The van der Waals surface area contributed by atoms with Crippen molar-refractivity contribution < 1.29 is 14.3 Å². The van der Waals surface area contributed by atoms with Gasteiger partial charge in [-0.2, -0.15) is 0 Å². The Labute approximate surface area is 110 Å². The number of hydrogen-bond acceptors (Lipinski definition) is 3. The normalized spacial score (nSPS) is 10.8. The summed E-state index contributed by atoms with van der Waals surface area (Å²) in [7, 11) is 0. The number of para-hydroxylation sites is 1. The zero-order valence-electron chi connectivity index (χ0n) is 10.4. The van der Waals surface area contributed by atoms with Crippen molar-refractivity contribution in [1.82, 2.24) is 0 Å². The van der Waals surface area contributed by atoms with Crippen LogP contribution in [0.2, 0.25) is 0 Å². The SMILES string of the molecule is Cc1ccc(O)c(C(=O)c2cc3ccccc3o2)c1. The predicted octanol–water partition coefficient (Wildman–Crippen LogP) is 3.68. The lowest BCUT2D eigenvalue weighted by atomic mass is 10.0. The highest BCUT2D eigenvalue weighted by atomic mass is 16.3. The fourth-order valence-electron chi connectivity index (χ4n) is 2.06. The third-order valence-corrected chi connectivity index (χ3v) is 3.05. The largest absolute Gasteiger partial charge is 0.507 e. The third-order valence-electron chi connectivity index (χ3n) is 3.05. The predicted molar refractivity (Wildman–Crippen MR) is 72.5 cm³/mol. The van der Waals surface area contributed by atoms with E-state index in [1.165, 1.54) is 6.07 Å². The van der Waals surface area contributed by atoms with Gasteiger partial charge in [-0.05, 0) is 31.2 Å². The minimum absolute atomic E-state index is 0.0314. The third kappa shape index (κ3) is 1.99. The van der Waals surface area contributed by atoms with Crippen molar-refractivity contribution in [1.29, 1.82) is 0 Å². The first kappa shape index (κ1) is 11.5. The Morgan fingerprint density at radius 2 is 1.89 bits per heavy atom. The van der Waals surface area contributed by atoms with Gasteiger partial charge in [-0.3, -0.25) is 4.79 Å². The van der Waals surface area contributed by atoms with Crippen molar-refractivity contribution in [3.8, 4) is 5.75 Å². The molecular formula is C16H12O3. The first-order valence-electron chi connectivity index (χ1n) is 5.98. The Morgan fingerprint density at radius 3 is 2.68 bits per heavy atom. The highest BCUT2D eigenvalue weighted by Crippen LogP contribution is 2.25. The lowest BCUT2D eigenvalue weighted by Crippen LogP contribution is -2.00. The van der Waals surface area contributed by atoms with Gasteiger partial charge in [0.25, 0.3) is 0 Å². The fourth-order valence-corrected chi connectivity index (χ4v) is 2.06. The van der Waals surface area contributed by atoms with Gasteiger partial charge in [0.2, 0.25) is 5.78 Å². The molecule has 0 saturated carbocycles. The van der Waals surface area contributed by atoms with E-state index in [2.05, 4.69) is 0 Å². The van der Waals surface area contributed by atoms with Crippen LogP contribution in [0.5, 0.6) is 5.75 Å². The maximum Gasteiger partial charge on any atom is 0.231 e. The second-order valence-corrected chi connectivity index (χ2v) is 4.50. The highest BCUT2D eigenvalue weighted by Gasteiger charge is 2.17. The number of carbonyl (C=O) groups is 1. The fraction of sp³-hybridized carbons (Fsp3) is 0.0625. The van der Waals surface area contributed by atoms with E-state index < -0.39 is 0 Å². The van der Waals surface area contributed by atoms with Crippen LogP contribution >= 0.6 is 0 Å². The second-order valence-electron chi connectivity index (χ2n) is 4.50. The van der Waals surface area contributed by atoms with E-state index in [-0.39, 0.29) is 22.9 Å². The number of rotatable bonds is 2. The topological polar surface area (TPSA) is 50.4 Å². The standard InChI is InChI=1S/C16H12O3/c1-10-6-7-13(17)12(8-10)16(18)15-9-11-4-2-3-5-14(11)19-15/h2-9,17H,1H3.